The van der Waals surface area contributed by atoms with Gasteiger partial charge in [-0.2, -0.15) is 16.8 Å². The Labute approximate surface area is 138 Å². The fourth-order valence-electron chi connectivity index (χ4n) is 1.59. The van der Waals surface area contributed by atoms with Crippen molar-refractivity contribution >= 4 is 26.1 Å². The lowest BCUT2D eigenvalue weighted by Gasteiger charge is -2.21. The number of ether oxygens (including phenoxy) is 1. The number of nitrogens with zero attached hydrogens (tertiary/aromatic N) is 3. The van der Waals surface area contributed by atoms with E-state index >= 15 is 0 Å². The summed E-state index contributed by atoms with van der Waals surface area (Å²) in [6, 6.07) is 0. The minimum atomic E-state index is -4.32. The third-order valence-corrected chi connectivity index (χ3v) is 4.11. The van der Waals surface area contributed by atoms with E-state index < -0.39 is 50.7 Å². The number of rotatable bonds is 11. The first-order chi connectivity index (χ1) is 11.1. The molecule has 0 aliphatic carbocycles. The van der Waals surface area contributed by atoms with Crippen LogP contribution in [0.2, 0.25) is 0 Å². The predicted octanol–water partition coefficient (Wildman–Crippen LogP) is -1.17. The van der Waals surface area contributed by atoms with Crippen LogP contribution in [0.5, 0.6) is 5.88 Å². The lowest BCUT2D eigenvalue weighted by Crippen LogP contribution is -2.38. The number of aromatic nitrogens is 2. The summed E-state index contributed by atoms with van der Waals surface area (Å²) in [6.07, 6.45) is 1.33. The summed E-state index contributed by atoms with van der Waals surface area (Å²) in [6.45, 7) is -0.701. The third-order valence-electron chi connectivity index (χ3n) is 2.72. The molecule has 0 aliphatic rings. The average molecular weight is 387 g/mol. The van der Waals surface area contributed by atoms with Gasteiger partial charge in [-0.15, -0.1) is 0 Å². The van der Waals surface area contributed by atoms with E-state index in [2.05, 4.69) is 14.9 Å². The molecular weight excluding hydrogens is 370 g/mol. The molecule has 1 rings (SSSR count). The summed E-state index contributed by atoms with van der Waals surface area (Å²) in [5.41, 5.74) is 0. The molecule has 1 amide bonds. The summed E-state index contributed by atoms with van der Waals surface area (Å²) >= 11 is 0. The Kier molecular flexibility index (Phi) is 7.53. The second-order valence-corrected chi connectivity index (χ2v) is 7.79. The van der Waals surface area contributed by atoms with Crippen molar-refractivity contribution in [2.24, 2.45) is 0 Å². The molecular formula is C10H17N3O9S2. The van der Waals surface area contributed by atoms with Gasteiger partial charge in [0.1, 0.15) is 0 Å². The molecule has 138 valence electrons. The van der Waals surface area contributed by atoms with E-state index in [9.17, 15) is 21.6 Å². The Bertz CT molecular complexity index is 679. The summed E-state index contributed by atoms with van der Waals surface area (Å²) in [4.78, 5) is 12.9. The second-order valence-electron chi connectivity index (χ2n) is 4.65. The van der Waals surface area contributed by atoms with Gasteiger partial charge in [0, 0.05) is 24.8 Å². The van der Waals surface area contributed by atoms with Gasteiger partial charge in [0.25, 0.3) is 26.1 Å². The fourth-order valence-corrected chi connectivity index (χ4v) is 2.49. The van der Waals surface area contributed by atoms with Crippen molar-refractivity contribution in [3.63, 3.8) is 0 Å². The lowest BCUT2D eigenvalue weighted by atomic mass is 10.3. The Morgan fingerprint density at radius 3 is 2.21 bits per heavy atom. The highest BCUT2D eigenvalue weighted by Crippen LogP contribution is 2.05. The van der Waals surface area contributed by atoms with Crippen LogP contribution in [0.25, 0.3) is 0 Å². The third kappa shape index (κ3) is 9.39. The molecule has 0 spiro atoms. The van der Waals surface area contributed by atoms with Crippen LogP contribution in [-0.2, 0) is 25.0 Å². The maximum atomic E-state index is 12.0. The van der Waals surface area contributed by atoms with Gasteiger partial charge in [-0.25, -0.2) is 0 Å². The average Bonchev–Trinajstić information content (AvgIpc) is 2.94. The van der Waals surface area contributed by atoms with Gasteiger partial charge < -0.3 is 14.2 Å². The van der Waals surface area contributed by atoms with Crippen LogP contribution in [-0.4, -0.2) is 78.3 Å². The van der Waals surface area contributed by atoms with Gasteiger partial charge in [-0.05, 0) is 6.42 Å². The van der Waals surface area contributed by atoms with E-state index in [0.717, 1.165) is 11.2 Å². The molecule has 0 saturated heterocycles. The molecule has 1 aromatic rings. The van der Waals surface area contributed by atoms with Crippen LogP contribution < -0.4 is 4.74 Å². The van der Waals surface area contributed by atoms with Gasteiger partial charge in [0.2, 0.25) is 5.91 Å². The Morgan fingerprint density at radius 2 is 1.75 bits per heavy atom. The zero-order valence-corrected chi connectivity index (χ0v) is 14.1. The first-order valence-electron chi connectivity index (χ1n) is 6.65. The van der Waals surface area contributed by atoms with Crippen LogP contribution in [0.4, 0.5) is 0 Å². The molecule has 0 bridgehead atoms. The molecule has 2 N–H and O–H groups in total. The SMILES string of the molecule is O=C(CCCOc1conn1)N(CCS(=O)(=O)O)CCS(=O)(=O)O. The molecule has 0 fully saturated rings. The van der Waals surface area contributed by atoms with Crippen molar-refractivity contribution in [3.05, 3.63) is 6.26 Å². The molecule has 0 atom stereocenters. The first kappa shape index (κ1) is 20.3. The van der Waals surface area contributed by atoms with Crippen molar-refractivity contribution < 1.29 is 40.0 Å². The fraction of sp³-hybridized carbons (Fsp3) is 0.700. The van der Waals surface area contributed by atoms with Crippen molar-refractivity contribution in [2.75, 3.05) is 31.2 Å². The number of amides is 1. The van der Waals surface area contributed by atoms with Crippen molar-refractivity contribution in [1.29, 1.82) is 0 Å². The Hall–Kier alpha value is -1.77. The molecule has 0 saturated carbocycles. The standard InChI is InChI=1S/C10H17N3O9S2/c14-10(2-1-5-21-9-8-22-12-11-9)13(3-6-23(15,16)17)4-7-24(18,19)20/h8H,1-7H2,(H,15,16,17)(H,18,19,20). The van der Waals surface area contributed by atoms with Crippen molar-refractivity contribution in [3.8, 4) is 5.88 Å². The van der Waals surface area contributed by atoms with Gasteiger partial charge in [-0.1, -0.05) is 5.10 Å². The van der Waals surface area contributed by atoms with E-state index in [1.807, 2.05) is 0 Å². The Morgan fingerprint density at radius 1 is 1.17 bits per heavy atom. The quantitative estimate of drug-likeness (QED) is 0.345. The van der Waals surface area contributed by atoms with Crippen LogP contribution in [0.15, 0.2) is 10.8 Å². The van der Waals surface area contributed by atoms with Crippen molar-refractivity contribution in [1.82, 2.24) is 15.3 Å². The van der Waals surface area contributed by atoms with E-state index in [0.29, 0.717) is 0 Å². The number of hydrogen-bond acceptors (Lipinski definition) is 9. The molecule has 14 heteroatoms. The van der Waals surface area contributed by atoms with E-state index in [-0.39, 0.29) is 25.3 Å². The molecule has 0 aromatic carbocycles. The van der Waals surface area contributed by atoms with E-state index in [1.54, 1.807) is 0 Å². The van der Waals surface area contributed by atoms with Crippen LogP contribution in [0, 0.1) is 0 Å². The molecule has 12 nitrogen and oxygen atoms in total. The number of carbonyl (C=O) groups is 1. The molecule has 0 aliphatic heterocycles. The van der Waals surface area contributed by atoms with Gasteiger partial charge in [0.05, 0.1) is 18.1 Å². The summed E-state index contributed by atoms with van der Waals surface area (Å²) in [7, 11) is -8.63. The lowest BCUT2D eigenvalue weighted by molar-refractivity contribution is -0.130. The topological polar surface area (TPSA) is 177 Å². The van der Waals surface area contributed by atoms with Crippen LogP contribution in [0.3, 0.4) is 0 Å². The van der Waals surface area contributed by atoms with E-state index in [1.165, 1.54) is 0 Å². The molecule has 1 heterocycles. The molecule has 24 heavy (non-hydrogen) atoms. The minimum Gasteiger partial charge on any atom is -0.474 e. The second kappa shape index (κ2) is 8.91. The molecule has 0 unspecified atom stereocenters. The maximum absolute atomic E-state index is 12.0. The zero-order valence-electron chi connectivity index (χ0n) is 12.4. The van der Waals surface area contributed by atoms with Gasteiger partial charge in [-0.3, -0.25) is 13.9 Å². The van der Waals surface area contributed by atoms with Crippen molar-refractivity contribution in [2.45, 2.75) is 12.8 Å². The maximum Gasteiger partial charge on any atom is 0.275 e. The summed E-state index contributed by atoms with van der Waals surface area (Å²) in [5, 5.41) is 6.63. The zero-order chi connectivity index (χ0) is 18.2. The normalized spacial score (nSPS) is 12.1. The first-order valence-corrected chi connectivity index (χ1v) is 9.86. The predicted molar refractivity (Wildman–Crippen MR) is 78.4 cm³/mol. The highest BCUT2D eigenvalue weighted by Gasteiger charge is 2.18. The molecule has 1 aromatic heterocycles. The number of hydrogen-bond donors (Lipinski definition) is 2. The van der Waals surface area contributed by atoms with Crippen LogP contribution >= 0.6 is 0 Å². The largest absolute Gasteiger partial charge is 0.474 e. The van der Waals surface area contributed by atoms with Gasteiger partial charge in [0.15, 0.2) is 6.26 Å². The van der Waals surface area contributed by atoms with Gasteiger partial charge >= 0.3 is 0 Å². The highest BCUT2D eigenvalue weighted by atomic mass is 32.2. The molecule has 0 radical (unpaired) electrons. The Balaban J connectivity index is 2.48. The van der Waals surface area contributed by atoms with E-state index in [4.69, 9.17) is 13.8 Å². The monoisotopic (exact) mass is 387 g/mol. The smallest absolute Gasteiger partial charge is 0.275 e. The highest BCUT2D eigenvalue weighted by molar-refractivity contribution is 7.86. The number of carbonyl (C=O) groups excluding carboxylic acids is 1. The summed E-state index contributed by atoms with van der Waals surface area (Å²) in [5.74, 6) is -1.90. The minimum absolute atomic E-state index is 0.0672. The summed E-state index contributed by atoms with van der Waals surface area (Å²) < 4.78 is 70.0. The van der Waals surface area contributed by atoms with Crippen LogP contribution in [0.1, 0.15) is 12.8 Å².